The Morgan fingerprint density at radius 1 is 0.378 bits per heavy atom. The molecule has 0 saturated heterocycles. The molecule has 9 aromatic carbocycles. The molecule has 0 heterocycles. The number of carbonyl (C=O) groups is 5. The molecule has 0 aliphatic heterocycles. The van der Waals surface area contributed by atoms with Gasteiger partial charge in [0.25, 0.3) is 23.6 Å². The van der Waals surface area contributed by atoms with E-state index in [-0.39, 0.29) is 72.2 Å². The highest BCUT2D eigenvalue weighted by Gasteiger charge is 2.43. The molecule has 0 unspecified atom stereocenters. The number of amidine groups is 1. The van der Waals surface area contributed by atoms with Crippen LogP contribution in [0.4, 0.5) is 0 Å². The van der Waals surface area contributed by atoms with Crippen molar-refractivity contribution >= 4 is 41.4 Å². The van der Waals surface area contributed by atoms with Crippen LogP contribution in [0, 0.1) is 22.9 Å². The van der Waals surface area contributed by atoms with Gasteiger partial charge in [-0.3, -0.25) is 34.3 Å². The van der Waals surface area contributed by atoms with E-state index in [1.807, 2.05) is 135 Å². The predicted octanol–water partition coefficient (Wildman–Crippen LogP) is 17.1. The van der Waals surface area contributed by atoms with E-state index in [4.69, 9.17) is 43.2 Å². The Bertz CT molecular complexity index is 4990. The standard InChI is InChI=1S/C28H37N5O3.2C24H32N2O3.C21H23NO3.C10H11N3O.2CH4/c1-4-30-27(32-21-29)33(18-19-35-2)23-14-16-28(17-15-23,22-10-6-5-7-11-22)20-31-26(34)24-12-8-9-13-25(24)36-3;2*1-28-17-16-25-20-12-14-24(15-13-20,19-8-4-3-5-9-19)18-26-23(27)21-10-6-7-11-22(21)29-2;1-25-19-10-6-5-9-18(19)20(24)22-15-21(13-11-17(23)12-14-21)16-7-3-2-4-8-16;1-2-12-10(13-8-11)14-9-6-4-3-5-7-9;;/h5-13,23H,4,14-20H2,1-3H3,(H,30,32)(H,31,34);2*3-11,20,25H,12-18H2,1-2H3,(H,26,27);2-10H,11-15H2,1H3,(H,22,24);3-7H,2H2,1H3,(H,12,13);2*1H4. The SMILES string of the molecule is C.C.CCN=C(NC#N)N(CCOC)C1CCC(CNC(=O)c2ccccc2OC)(c2ccccc2)CC1.CCN=C(NC#N)Oc1ccccc1.COCCNC1CCC(CNC(=O)c2ccccc2OC)(c2ccccc2)CC1.COCCNC1CCC(CNC(=O)c2ccccc2OC)(c2ccccc2)CC1.COc1ccccc1C(=O)NCC1(c2ccccc2)CCC(=O)CC1. The van der Waals surface area contributed by atoms with Crippen LogP contribution < -0.4 is 66.2 Å². The van der Waals surface area contributed by atoms with Crippen molar-refractivity contribution in [2.24, 2.45) is 9.98 Å². The van der Waals surface area contributed by atoms with Crippen LogP contribution >= 0.6 is 0 Å². The maximum atomic E-state index is 13.1. The van der Waals surface area contributed by atoms with Gasteiger partial charge in [0.05, 0.1) is 70.5 Å². The number of hydrogen-bond donors (Lipinski definition) is 8. The number of ketones is 1. The lowest BCUT2D eigenvalue weighted by Gasteiger charge is -2.44. The van der Waals surface area contributed by atoms with Gasteiger partial charge in [0.15, 0.2) is 12.4 Å². The second-order valence-corrected chi connectivity index (χ2v) is 33.5. The minimum Gasteiger partial charge on any atom is -0.496 e. The van der Waals surface area contributed by atoms with Crippen LogP contribution in [0.25, 0.3) is 0 Å². The summed E-state index contributed by atoms with van der Waals surface area (Å²) in [5.74, 6) is 3.43. The van der Waals surface area contributed by atoms with E-state index < -0.39 is 0 Å². The Hall–Kier alpha value is -13.0. The largest absolute Gasteiger partial charge is 0.496 e. The molecule has 0 bridgehead atoms. The molecular weight excluding hydrogens is 1700 g/mol. The van der Waals surface area contributed by atoms with Crippen LogP contribution in [0.2, 0.25) is 0 Å². The average molecular weight is 1840 g/mol. The molecule has 26 heteroatoms. The number of hydrogen-bond acceptors (Lipinski definition) is 19. The molecule has 135 heavy (non-hydrogen) atoms. The second kappa shape index (κ2) is 58.9. The smallest absolute Gasteiger partial charge is 0.303 e. The van der Waals surface area contributed by atoms with Gasteiger partial charge in [-0.2, -0.15) is 10.5 Å². The van der Waals surface area contributed by atoms with Crippen LogP contribution in [0.3, 0.4) is 0 Å². The molecule has 4 fully saturated rings. The lowest BCUT2D eigenvalue weighted by Crippen LogP contribution is -2.52. The molecule has 8 N–H and O–H groups in total. The van der Waals surface area contributed by atoms with E-state index in [0.717, 1.165) is 116 Å². The summed E-state index contributed by atoms with van der Waals surface area (Å²) in [6.07, 6.45) is 18.5. The van der Waals surface area contributed by atoms with E-state index in [9.17, 15) is 29.2 Å². The number of carbonyl (C=O) groups excluding carboxylic acids is 5. The van der Waals surface area contributed by atoms with Crippen LogP contribution in [0.5, 0.6) is 28.7 Å². The Kier molecular flexibility index (Phi) is 47.6. The molecule has 0 spiro atoms. The van der Waals surface area contributed by atoms with Gasteiger partial charge in [0.1, 0.15) is 34.5 Å². The fourth-order valence-corrected chi connectivity index (χ4v) is 18.0. The Labute approximate surface area is 800 Å². The summed E-state index contributed by atoms with van der Waals surface area (Å²) in [6, 6.07) is 81.6. The Morgan fingerprint density at radius 2 is 0.667 bits per heavy atom. The lowest BCUT2D eigenvalue weighted by molar-refractivity contribution is -0.121. The molecule has 0 atom stereocenters. The molecule has 13 rings (SSSR count). The third-order valence-corrected chi connectivity index (χ3v) is 25.5. The summed E-state index contributed by atoms with van der Waals surface area (Å²) in [6.45, 7) is 11.7. The zero-order valence-electron chi connectivity index (χ0n) is 78.7. The molecule has 0 aromatic heterocycles. The van der Waals surface area contributed by atoms with Crippen LogP contribution in [0.1, 0.15) is 195 Å². The number of rotatable bonds is 35. The van der Waals surface area contributed by atoms with Gasteiger partial charge in [-0.25, -0.2) is 10.3 Å². The van der Waals surface area contributed by atoms with Gasteiger partial charge in [-0.15, -0.1) is 0 Å². The van der Waals surface area contributed by atoms with E-state index in [2.05, 4.69) is 142 Å². The van der Waals surface area contributed by atoms with Gasteiger partial charge >= 0.3 is 6.02 Å². The average Bonchev–Trinajstić information content (AvgIpc) is 0.785. The third kappa shape index (κ3) is 32.7. The van der Waals surface area contributed by atoms with Crippen molar-refractivity contribution in [1.29, 1.82) is 10.5 Å². The van der Waals surface area contributed by atoms with Crippen LogP contribution in [-0.2, 0) is 40.7 Å². The molecule has 4 amide bonds. The Balaban J connectivity index is 0.000000234. The predicted molar refractivity (Wildman–Crippen MR) is 536 cm³/mol. The number of nitriles is 2. The zero-order chi connectivity index (χ0) is 94.8. The first kappa shape index (κ1) is 109. The summed E-state index contributed by atoms with van der Waals surface area (Å²) < 4.78 is 42.3. The number of nitrogens with one attached hydrogen (secondary N) is 8. The van der Waals surface area contributed by atoms with Gasteiger partial charge in [-0.05, 0) is 187 Å². The molecule has 9 aromatic rings. The summed E-state index contributed by atoms with van der Waals surface area (Å²) >= 11 is 0. The van der Waals surface area contributed by atoms with Crippen LogP contribution in [0.15, 0.2) is 259 Å². The molecule has 0 radical (unpaired) electrons. The minimum atomic E-state index is -0.188. The molecule has 722 valence electrons. The van der Waals surface area contributed by atoms with Crippen molar-refractivity contribution in [3.63, 3.8) is 0 Å². The summed E-state index contributed by atoms with van der Waals surface area (Å²) in [7, 11) is 11.5. The lowest BCUT2D eigenvalue weighted by atomic mass is 9.67. The molecular formula is C109H143N13O13. The first-order chi connectivity index (χ1) is 65.0. The summed E-state index contributed by atoms with van der Waals surface area (Å²) in [5, 5.41) is 42.6. The fourth-order valence-electron chi connectivity index (χ4n) is 18.0. The molecule has 4 saturated carbocycles. The van der Waals surface area contributed by atoms with Crippen molar-refractivity contribution in [1.82, 2.24) is 47.4 Å². The van der Waals surface area contributed by atoms with E-state index in [0.29, 0.717) is 140 Å². The molecule has 4 aliphatic carbocycles. The van der Waals surface area contributed by atoms with E-state index >= 15 is 0 Å². The molecule has 26 nitrogen and oxygen atoms in total. The van der Waals surface area contributed by atoms with Crippen LogP contribution in [-0.4, -0.2) is 193 Å². The normalized spacial score (nSPS) is 18.6. The summed E-state index contributed by atoms with van der Waals surface area (Å²) in [5.41, 5.74) is 6.77. The number of ether oxygens (including phenoxy) is 8. The number of methoxy groups -OCH3 is 7. The van der Waals surface area contributed by atoms with Gasteiger partial charge in [-0.1, -0.05) is 203 Å². The number of guanidine groups is 1. The number of para-hydroxylation sites is 5. The number of nitrogens with zero attached hydrogens (tertiary/aromatic N) is 5. The minimum absolute atomic E-state index is 0. The maximum Gasteiger partial charge on any atom is 0.303 e. The zero-order valence-corrected chi connectivity index (χ0v) is 78.7. The second-order valence-electron chi connectivity index (χ2n) is 33.5. The number of amides is 4. The topological polar surface area (TPSA) is 331 Å². The highest BCUT2D eigenvalue weighted by Crippen LogP contribution is 2.44. The quantitative estimate of drug-likeness (QED) is 0.00601. The van der Waals surface area contributed by atoms with Crippen molar-refractivity contribution < 1.29 is 61.9 Å². The van der Waals surface area contributed by atoms with Crippen molar-refractivity contribution in [3.05, 3.63) is 293 Å². The first-order valence-corrected chi connectivity index (χ1v) is 46.2. The number of Topliss-reactive ketones (excluding diaryl/α,β-unsaturated/α-hetero) is 1. The van der Waals surface area contributed by atoms with Crippen molar-refractivity contribution in [3.8, 4) is 41.1 Å². The van der Waals surface area contributed by atoms with Gasteiger partial charge < -0.3 is 74.7 Å². The highest BCUT2D eigenvalue weighted by atomic mass is 16.5. The number of benzene rings is 9. The highest BCUT2D eigenvalue weighted by molar-refractivity contribution is 5.99. The third-order valence-electron chi connectivity index (χ3n) is 25.5. The summed E-state index contributed by atoms with van der Waals surface area (Å²) in [4.78, 5) is 73.9. The first-order valence-electron chi connectivity index (χ1n) is 46.2. The van der Waals surface area contributed by atoms with E-state index in [1.165, 1.54) is 22.3 Å². The van der Waals surface area contributed by atoms with Crippen molar-refractivity contribution in [2.45, 2.75) is 171 Å². The monoisotopic (exact) mass is 1840 g/mol. The number of aliphatic imine (C=N–C) groups is 2. The fraction of sp³-hybridized carbons (Fsp3) is 0.422. The van der Waals surface area contributed by atoms with Gasteiger partial charge in [0.2, 0.25) is 5.96 Å². The van der Waals surface area contributed by atoms with E-state index in [1.54, 1.807) is 104 Å². The molecule has 4 aliphatic rings. The van der Waals surface area contributed by atoms with Gasteiger partial charge in [0, 0.05) is 133 Å². The van der Waals surface area contributed by atoms with Crippen molar-refractivity contribution in [2.75, 3.05) is 128 Å². The Morgan fingerprint density at radius 3 is 0.963 bits per heavy atom. The maximum absolute atomic E-state index is 13.1.